The van der Waals surface area contributed by atoms with E-state index in [0.717, 1.165) is 16.5 Å². The van der Waals surface area contributed by atoms with Gasteiger partial charge in [0.05, 0.1) is 17.8 Å². The first kappa shape index (κ1) is 17.0. The quantitative estimate of drug-likeness (QED) is 0.694. The fraction of sp³-hybridized carbons (Fsp3) is 0.250. The second-order valence-corrected chi connectivity index (χ2v) is 8.44. The van der Waals surface area contributed by atoms with Crippen LogP contribution in [0.1, 0.15) is 12.0 Å². The Kier molecular flexibility index (Phi) is 4.61. The molecule has 2 heterocycles. The summed E-state index contributed by atoms with van der Waals surface area (Å²) in [6.45, 7) is 0.844. The van der Waals surface area contributed by atoms with Crippen LogP contribution in [-0.4, -0.2) is 36.9 Å². The summed E-state index contributed by atoms with van der Waals surface area (Å²) in [5, 5.41) is 1.05. The molecule has 2 aromatic carbocycles. The first-order valence-corrected chi connectivity index (χ1v) is 10.3. The van der Waals surface area contributed by atoms with E-state index in [1.54, 1.807) is 0 Å². The topological polar surface area (TPSA) is 59.5 Å². The van der Waals surface area contributed by atoms with Crippen LogP contribution in [-0.2, 0) is 15.8 Å². The van der Waals surface area contributed by atoms with Crippen molar-refractivity contribution in [2.24, 2.45) is 0 Å². The average Bonchev–Trinajstić information content (AvgIpc) is 3.12. The highest BCUT2D eigenvalue weighted by atomic mass is 32.2. The second kappa shape index (κ2) is 7.05. The molecule has 1 saturated heterocycles. The Balaban J connectivity index is 1.42. The Morgan fingerprint density at radius 3 is 2.62 bits per heavy atom. The molecule has 0 N–H and O–H groups in total. The summed E-state index contributed by atoms with van der Waals surface area (Å²) in [7, 11) is -3.34. The van der Waals surface area contributed by atoms with E-state index in [-0.39, 0.29) is 11.9 Å². The minimum Gasteiger partial charge on any atom is -0.473 e. The molecule has 4 rings (SSSR count). The largest absolute Gasteiger partial charge is 0.473 e. The predicted molar refractivity (Wildman–Crippen MR) is 101 cm³/mol. The number of ether oxygens (including phenoxy) is 1. The third kappa shape index (κ3) is 3.71. The van der Waals surface area contributed by atoms with Gasteiger partial charge >= 0.3 is 0 Å². The average molecular weight is 368 g/mol. The summed E-state index contributed by atoms with van der Waals surface area (Å²) in [4.78, 5) is 4.50. The van der Waals surface area contributed by atoms with Crippen molar-refractivity contribution < 1.29 is 13.2 Å². The highest BCUT2D eigenvalue weighted by Crippen LogP contribution is 2.23. The highest BCUT2D eigenvalue weighted by molar-refractivity contribution is 7.88. The van der Waals surface area contributed by atoms with Crippen LogP contribution >= 0.6 is 0 Å². The first-order chi connectivity index (χ1) is 12.6. The SMILES string of the molecule is O=S(=O)(Cc1ccccc1)N1CC[C@@H](Oc2ccc3ccccc3n2)C1. The van der Waals surface area contributed by atoms with Crippen LogP contribution in [0.15, 0.2) is 66.7 Å². The standard InChI is InChI=1S/C20H20N2O3S/c23-26(24,15-16-6-2-1-3-7-16)22-13-12-18(14-22)25-20-11-10-17-8-4-5-9-19(17)21-20/h1-11,18H,12-15H2/t18-/m1/s1. The van der Waals surface area contributed by atoms with Gasteiger partial charge in [0, 0.05) is 18.0 Å². The molecule has 0 aliphatic carbocycles. The van der Waals surface area contributed by atoms with Gasteiger partial charge in [-0.15, -0.1) is 0 Å². The zero-order valence-electron chi connectivity index (χ0n) is 14.3. The molecule has 134 valence electrons. The number of benzene rings is 2. The Bertz CT molecular complexity index is 1010. The van der Waals surface area contributed by atoms with Crippen LogP contribution < -0.4 is 4.74 Å². The van der Waals surface area contributed by atoms with Gasteiger partial charge in [0.1, 0.15) is 6.10 Å². The Morgan fingerprint density at radius 1 is 1.00 bits per heavy atom. The molecule has 0 spiro atoms. The normalized spacial score (nSPS) is 18.2. The van der Waals surface area contributed by atoms with Gasteiger partial charge in [0.25, 0.3) is 0 Å². The molecular formula is C20H20N2O3S. The van der Waals surface area contributed by atoms with Gasteiger partial charge in [0.2, 0.25) is 15.9 Å². The van der Waals surface area contributed by atoms with Gasteiger partial charge in [-0.05, 0) is 24.1 Å². The van der Waals surface area contributed by atoms with E-state index in [2.05, 4.69) is 4.98 Å². The molecular weight excluding hydrogens is 348 g/mol. The number of hydrogen-bond donors (Lipinski definition) is 0. The molecule has 1 atom stereocenters. The van der Waals surface area contributed by atoms with E-state index in [4.69, 9.17) is 4.74 Å². The molecule has 5 nitrogen and oxygen atoms in total. The molecule has 1 aliphatic rings. The van der Waals surface area contributed by atoms with Gasteiger partial charge < -0.3 is 4.74 Å². The molecule has 0 saturated carbocycles. The van der Waals surface area contributed by atoms with Crippen molar-refractivity contribution in [3.05, 3.63) is 72.3 Å². The number of aromatic nitrogens is 1. The molecule has 6 heteroatoms. The fourth-order valence-electron chi connectivity index (χ4n) is 3.21. The lowest BCUT2D eigenvalue weighted by Crippen LogP contribution is -2.32. The maximum atomic E-state index is 12.6. The molecule has 0 radical (unpaired) electrons. The van der Waals surface area contributed by atoms with Gasteiger partial charge in [-0.3, -0.25) is 0 Å². The number of pyridine rings is 1. The van der Waals surface area contributed by atoms with Gasteiger partial charge in [-0.25, -0.2) is 13.4 Å². The molecule has 1 aromatic heterocycles. The molecule has 3 aromatic rings. The smallest absolute Gasteiger partial charge is 0.218 e. The maximum absolute atomic E-state index is 12.6. The second-order valence-electron chi connectivity index (χ2n) is 6.47. The molecule has 26 heavy (non-hydrogen) atoms. The van der Waals surface area contributed by atoms with Crippen molar-refractivity contribution in [3.8, 4) is 5.88 Å². The minimum absolute atomic E-state index is 0.0226. The fourth-order valence-corrected chi connectivity index (χ4v) is 4.78. The lowest BCUT2D eigenvalue weighted by Gasteiger charge is -2.17. The summed E-state index contributed by atoms with van der Waals surface area (Å²) < 4.78 is 32.7. The lowest BCUT2D eigenvalue weighted by atomic mass is 10.2. The lowest BCUT2D eigenvalue weighted by molar-refractivity contribution is 0.207. The summed E-state index contributed by atoms with van der Waals surface area (Å²) in [5.74, 6) is 0.561. The first-order valence-electron chi connectivity index (χ1n) is 8.64. The maximum Gasteiger partial charge on any atom is 0.218 e. The van der Waals surface area contributed by atoms with E-state index in [1.807, 2.05) is 66.7 Å². The summed E-state index contributed by atoms with van der Waals surface area (Å²) in [6, 6.07) is 20.9. The van der Waals surface area contributed by atoms with Gasteiger partial charge in [0.15, 0.2) is 0 Å². The number of para-hydroxylation sites is 1. The third-order valence-corrected chi connectivity index (χ3v) is 6.37. The Labute approximate surface area is 153 Å². The van der Waals surface area contributed by atoms with Crippen LogP contribution in [0.2, 0.25) is 0 Å². The van der Waals surface area contributed by atoms with Crippen molar-refractivity contribution in [1.29, 1.82) is 0 Å². The van der Waals surface area contributed by atoms with Crippen LogP contribution in [0.4, 0.5) is 0 Å². The highest BCUT2D eigenvalue weighted by Gasteiger charge is 2.32. The summed E-state index contributed by atoms with van der Waals surface area (Å²) in [5.41, 5.74) is 1.67. The third-order valence-electron chi connectivity index (χ3n) is 4.55. The van der Waals surface area contributed by atoms with E-state index in [9.17, 15) is 8.42 Å². The van der Waals surface area contributed by atoms with E-state index >= 15 is 0 Å². The number of fused-ring (bicyclic) bond motifs is 1. The number of hydrogen-bond acceptors (Lipinski definition) is 4. The Morgan fingerprint density at radius 2 is 1.77 bits per heavy atom. The Hall–Kier alpha value is -2.44. The number of nitrogens with zero attached hydrogens (tertiary/aromatic N) is 2. The van der Waals surface area contributed by atoms with Crippen LogP contribution in [0.3, 0.4) is 0 Å². The molecule has 0 unspecified atom stereocenters. The molecule has 1 fully saturated rings. The molecule has 0 amide bonds. The van der Waals surface area contributed by atoms with Crippen molar-refractivity contribution in [3.63, 3.8) is 0 Å². The van der Waals surface area contributed by atoms with Crippen LogP contribution in [0.25, 0.3) is 10.9 Å². The van der Waals surface area contributed by atoms with E-state index < -0.39 is 10.0 Å². The number of sulfonamides is 1. The zero-order chi connectivity index (χ0) is 18.0. The number of rotatable bonds is 5. The van der Waals surface area contributed by atoms with Crippen LogP contribution in [0, 0.1) is 0 Å². The van der Waals surface area contributed by atoms with Crippen molar-refractivity contribution in [1.82, 2.24) is 9.29 Å². The molecule has 0 bridgehead atoms. The monoisotopic (exact) mass is 368 g/mol. The molecule has 1 aliphatic heterocycles. The predicted octanol–water partition coefficient (Wildman–Crippen LogP) is 3.22. The minimum atomic E-state index is -3.34. The van der Waals surface area contributed by atoms with Crippen molar-refractivity contribution >= 4 is 20.9 Å². The van der Waals surface area contributed by atoms with Gasteiger partial charge in [-0.1, -0.05) is 48.5 Å². The van der Waals surface area contributed by atoms with Crippen LogP contribution in [0.5, 0.6) is 5.88 Å². The van der Waals surface area contributed by atoms with Crippen molar-refractivity contribution in [2.75, 3.05) is 13.1 Å². The van der Waals surface area contributed by atoms with Gasteiger partial charge in [-0.2, -0.15) is 4.31 Å². The summed E-state index contributed by atoms with van der Waals surface area (Å²) >= 11 is 0. The summed E-state index contributed by atoms with van der Waals surface area (Å²) in [6.07, 6.45) is 0.497. The zero-order valence-corrected chi connectivity index (χ0v) is 15.1. The van der Waals surface area contributed by atoms with Crippen molar-refractivity contribution in [2.45, 2.75) is 18.3 Å². The van der Waals surface area contributed by atoms with E-state index in [1.165, 1.54) is 4.31 Å². The van der Waals surface area contributed by atoms with E-state index in [0.29, 0.717) is 25.4 Å².